The predicted molar refractivity (Wildman–Crippen MR) is 77.5 cm³/mol. The van der Waals surface area contributed by atoms with Gasteiger partial charge in [0.2, 0.25) is 15.9 Å². The molecule has 1 aromatic heterocycles. The summed E-state index contributed by atoms with van der Waals surface area (Å²) in [5, 5.41) is 2.59. The minimum atomic E-state index is -3.61. The number of hydrogen-bond donors (Lipinski definition) is 1. The van der Waals surface area contributed by atoms with Crippen LogP contribution in [0.1, 0.15) is 13.3 Å². The van der Waals surface area contributed by atoms with Gasteiger partial charge in [0.25, 0.3) is 0 Å². The fourth-order valence-corrected chi connectivity index (χ4v) is 4.36. The zero-order valence-electron chi connectivity index (χ0n) is 11.3. The van der Waals surface area contributed by atoms with Gasteiger partial charge in [-0.15, -0.1) is 0 Å². The molecule has 1 saturated heterocycles. The smallest absolute Gasteiger partial charge is 0.244 e. The standard InChI is InChI=1S/C12H16BrN3O3S/c1-12(11(17)14-2)3-4-16(8-12)20(18,19)10-5-9(13)6-15-7-10/h5-7H,3-4,8H2,1-2H3,(H,14,17). The van der Waals surface area contributed by atoms with Gasteiger partial charge in [0.1, 0.15) is 4.90 Å². The van der Waals surface area contributed by atoms with Crippen LogP contribution in [0.2, 0.25) is 0 Å². The number of carbonyl (C=O) groups excluding carboxylic acids is 1. The Morgan fingerprint density at radius 2 is 2.20 bits per heavy atom. The SMILES string of the molecule is CNC(=O)C1(C)CCN(S(=O)(=O)c2cncc(Br)c2)C1. The van der Waals surface area contributed by atoms with Crippen LogP contribution < -0.4 is 5.32 Å². The van der Waals surface area contributed by atoms with E-state index in [-0.39, 0.29) is 17.3 Å². The molecule has 0 aliphatic carbocycles. The molecule has 0 saturated carbocycles. The summed E-state index contributed by atoms with van der Waals surface area (Å²) in [4.78, 5) is 15.9. The molecule has 1 fully saturated rings. The van der Waals surface area contributed by atoms with Gasteiger partial charge in [-0.3, -0.25) is 9.78 Å². The maximum atomic E-state index is 12.5. The second kappa shape index (κ2) is 5.42. The van der Waals surface area contributed by atoms with E-state index in [1.54, 1.807) is 14.0 Å². The highest BCUT2D eigenvalue weighted by Gasteiger charge is 2.44. The number of aromatic nitrogens is 1. The molecule has 0 radical (unpaired) electrons. The summed E-state index contributed by atoms with van der Waals surface area (Å²) < 4.78 is 27.0. The summed E-state index contributed by atoms with van der Waals surface area (Å²) in [6.45, 7) is 2.29. The van der Waals surface area contributed by atoms with Crippen molar-refractivity contribution in [2.75, 3.05) is 20.1 Å². The van der Waals surface area contributed by atoms with Crippen molar-refractivity contribution in [2.24, 2.45) is 5.41 Å². The highest BCUT2D eigenvalue weighted by Crippen LogP contribution is 2.33. The molecular formula is C12H16BrN3O3S. The fraction of sp³-hybridized carbons (Fsp3) is 0.500. The first kappa shape index (κ1) is 15.4. The Labute approximate surface area is 126 Å². The number of carbonyl (C=O) groups is 1. The summed E-state index contributed by atoms with van der Waals surface area (Å²) in [5.41, 5.74) is -0.679. The minimum absolute atomic E-state index is 0.132. The third-order valence-corrected chi connectivity index (χ3v) is 5.78. The molecule has 1 aromatic rings. The van der Waals surface area contributed by atoms with Crippen molar-refractivity contribution in [3.05, 3.63) is 22.9 Å². The average molecular weight is 362 g/mol. The van der Waals surface area contributed by atoms with E-state index in [0.717, 1.165) is 0 Å². The van der Waals surface area contributed by atoms with Crippen molar-refractivity contribution in [3.63, 3.8) is 0 Å². The monoisotopic (exact) mass is 361 g/mol. The van der Waals surface area contributed by atoms with Crippen LogP contribution >= 0.6 is 15.9 Å². The van der Waals surface area contributed by atoms with Crippen molar-refractivity contribution >= 4 is 31.9 Å². The van der Waals surface area contributed by atoms with Crippen LogP contribution in [-0.4, -0.2) is 43.8 Å². The van der Waals surface area contributed by atoms with Crippen molar-refractivity contribution < 1.29 is 13.2 Å². The van der Waals surface area contributed by atoms with E-state index >= 15 is 0 Å². The minimum Gasteiger partial charge on any atom is -0.359 e. The molecule has 0 aromatic carbocycles. The molecule has 2 heterocycles. The van der Waals surface area contributed by atoms with Gasteiger partial charge in [0, 0.05) is 37.0 Å². The van der Waals surface area contributed by atoms with Gasteiger partial charge in [0.05, 0.1) is 5.41 Å². The van der Waals surface area contributed by atoms with Crippen LogP contribution in [0.3, 0.4) is 0 Å². The lowest BCUT2D eigenvalue weighted by atomic mass is 9.89. The Bertz CT molecular complexity index is 635. The highest BCUT2D eigenvalue weighted by atomic mass is 79.9. The predicted octanol–water partition coefficient (Wildman–Crippen LogP) is 0.991. The maximum absolute atomic E-state index is 12.5. The molecule has 1 aliphatic rings. The third kappa shape index (κ3) is 2.72. The molecule has 1 unspecified atom stereocenters. The lowest BCUT2D eigenvalue weighted by Gasteiger charge is -2.22. The quantitative estimate of drug-likeness (QED) is 0.870. The van der Waals surface area contributed by atoms with E-state index in [0.29, 0.717) is 17.4 Å². The molecule has 6 nitrogen and oxygen atoms in total. The lowest BCUT2D eigenvalue weighted by Crippen LogP contribution is -2.40. The first-order chi connectivity index (χ1) is 9.29. The number of nitrogens with zero attached hydrogens (tertiary/aromatic N) is 2. The van der Waals surface area contributed by atoms with E-state index in [1.165, 1.54) is 22.8 Å². The van der Waals surface area contributed by atoms with Crippen LogP contribution in [0, 0.1) is 5.41 Å². The summed E-state index contributed by atoms with van der Waals surface area (Å²) >= 11 is 3.21. The topological polar surface area (TPSA) is 79.4 Å². The van der Waals surface area contributed by atoms with Crippen LogP contribution in [0.15, 0.2) is 27.8 Å². The van der Waals surface area contributed by atoms with Gasteiger partial charge in [-0.2, -0.15) is 4.31 Å². The zero-order valence-corrected chi connectivity index (χ0v) is 13.7. The van der Waals surface area contributed by atoms with Crippen LogP contribution in [-0.2, 0) is 14.8 Å². The molecule has 0 bridgehead atoms. The first-order valence-electron chi connectivity index (χ1n) is 6.12. The number of sulfonamides is 1. The third-order valence-electron chi connectivity index (χ3n) is 3.53. The van der Waals surface area contributed by atoms with Gasteiger partial charge in [-0.05, 0) is 35.3 Å². The Morgan fingerprint density at radius 3 is 2.80 bits per heavy atom. The van der Waals surface area contributed by atoms with Gasteiger partial charge in [-0.1, -0.05) is 0 Å². The number of pyridine rings is 1. The molecular weight excluding hydrogens is 346 g/mol. The molecule has 110 valence electrons. The molecule has 1 amide bonds. The second-order valence-electron chi connectivity index (χ2n) is 5.07. The number of amides is 1. The van der Waals surface area contributed by atoms with E-state index in [4.69, 9.17) is 0 Å². The Morgan fingerprint density at radius 1 is 1.50 bits per heavy atom. The van der Waals surface area contributed by atoms with Gasteiger partial charge in [0.15, 0.2) is 0 Å². The van der Waals surface area contributed by atoms with E-state index in [2.05, 4.69) is 26.2 Å². The molecule has 1 aliphatic heterocycles. The van der Waals surface area contributed by atoms with Crippen molar-refractivity contribution in [2.45, 2.75) is 18.2 Å². The van der Waals surface area contributed by atoms with E-state index in [1.807, 2.05) is 0 Å². The van der Waals surface area contributed by atoms with Gasteiger partial charge >= 0.3 is 0 Å². The van der Waals surface area contributed by atoms with Gasteiger partial charge in [-0.25, -0.2) is 8.42 Å². The Balaban J connectivity index is 2.27. The van der Waals surface area contributed by atoms with Crippen molar-refractivity contribution in [1.82, 2.24) is 14.6 Å². The molecule has 1 atom stereocenters. The molecule has 8 heteroatoms. The molecule has 0 spiro atoms. The largest absolute Gasteiger partial charge is 0.359 e. The Kier molecular flexibility index (Phi) is 4.17. The maximum Gasteiger partial charge on any atom is 0.244 e. The van der Waals surface area contributed by atoms with E-state index in [9.17, 15) is 13.2 Å². The fourth-order valence-electron chi connectivity index (χ4n) is 2.29. The second-order valence-corrected chi connectivity index (χ2v) is 7.92. The van der Waals surface area contributed by atoms with Crippen molar-refractivity contribution in [1.29, 1.82) is 0 Å². The molecule has 2 rings (SSSR count). The zero-order chi connectivity index (χ0) is 15.0. The Hall–Kier alpha value is -0.990. The highest BCUT2D eigenvalue weighted by molar-refractivity contribution is 9.10. The van der Waals surface area contributed by atoms with Crippen LogP contribution in [0.4, 0.5) is 0 Å². The number of halogens is 1. The van der Waals surface area contributed by atoms with Crippen LogP contribution in [0.5, 0.6) is 0 Å². The summed E-state index contributed by atoms with van der Waals surface area (Å²) in [7, 11) is -2.05. The average Bonchev–Trinajstić information content (AvgIpc) is 2.82. The first-order valence-corrected chi connectivity index (χ1v) is 8.36. The van der Waals surface area contributed by atoms with Gasteiger partial charge < -0.3 is 5.32 Å². The number of rotatable bonds is 3. The van der Waals surface area contributed by atoms with Crippen LogP contribution in [0.25, 0.3) is 0 Å². The summed E-state index contributed by atoms with van der Waals surface area (Å²) in [6.07, 6.45) is 3.35. The van der Waals surface area contributed by atoms with E-state index < -0.39 is 15.4 Å². The number of nitrogens with one attached hydrogen (secondary N) is 1. The summed E-state index contributed by atoms with van der Waals surface area (Å²) in [6, 6.07) is 1.51. The lowest BCUT2D eigenvalue weighted by molar-refractivity contribution is -0.128. The normalized spacial score (nSPS) is 23.8. The molecule has 20 heavy (non-hydrogen) atoms. The van der Waals surface area contributed by atoms with Crippen molar-refractivity contribution in [3.8, 4) is 0 Å². The summed E-state index contributed by atoms with van der Waals surface area (Å²) in [5.74, 6) is -0.137. The number of hydrogen-bond acceptors (Lipinski definition) is 4. The molecule has 1 N–H and O–H groups in total.